The van der Waals surface area contributed by atoms with Crippen molar-refractivity contribution in [1.82, 2.24) is 0 Å². The summed E-state index contributed by atoms with van der Waals surface area (Å²) in [5, 5.41) is 8.28. The quantitative estimate of drug-likeness (QED) is 0.123. The van der Waals surface area contributed by atoms with Crippen LogP contribution in [0.5, 0.6) is 0 Å². The van der Waals surface area contributed by atoms with Crippen LogP contribution in [0.1, 0.15) is 25.0 Å². The molecule has 0 unspecified atom stereocenters. The monoisotopic (exact) mass is 604 g/mol. The molecule has 0 saturated carbocycles. The molecule has 0 aliphatic heterocycles. The maximum absolute atomic E-state index is 12.1. The minimum Gasteiger partial charge on any atom is -0.378 e. The highest BCUT2D eigenvalue weighted by atomic mass is 32.2. The minimum atomic E-state index is -3.94. The molecule has 0 aliphatic carbocycles. The van der Waals surface area contributed by atoms with Crippen molar-refractivity contribution in [3.63, 3.8) is 0 Å². The van der Waals surface area contributed by atoms with Crippen molar-refractivity contribution in [3.8, 4) is 0 Å². The molecule has 210 valence electrons. The summed E-state index contributed by atoms with van der Waals surface area (Å²) in [6.45, 7) is 8.69. The minimum absolute atomic E-state index is 0.0493. The summed E-state index contributed by atoms with van der Waals surface area (Å²) in [6.07, 6.45) is 0. The van der Waals surface area contributed by atoms with E-state index in [1.807, 2.05) is 13.8 Å². The Morgan fingerprint density at radius 1 is 0.632 bits per heavy atom. The number of ether oxygens (including phenoxy) is 2. The van der Waals surface area contributed by atoms with E-state index in [0.29, 0.717) is 48.0 Å². The van der Waals surface area contributed by atoms with Crippen LogP contribution in [0.3, 0.4) is 0 Å². The first-order valence-electron chi connectivity index (χ1n) is 11.5. The molecule has 0 amide bonds. The number of benzene rings is 2. The van der Waals surface area contributed by atoms with Crippen molar-refractivity contribution in [1.29, 1.82) is 0 Å². The molecule has 14 heteroatoms. The van der Waals surface area contributed by atoms with E-state index in [1.54, 1.807) is 38.1 Å². The maximum Gasteiger partial charge on any atom is 0.358 e. The molecule has 2 aromatic carbocycles. The summed E-state index contributed by atoms with van der Waals surface area (Å²) in [5.41, 5.74) is 1.89. The van der Waals surface area contributed by atoms with E-state index in [1.165, 1.54) is 47.8 Å². The van der Waals surface area contributed by atoms with Crippen molar-refractivity contribution in [2.45, 2.75) is 37.5 Å². The molecule has 0 atom stereocenters. The summed E-state index contributed by atoms with van der Waals surface area (Å²) in [7, 11) is -7.88. The van der Waals surface area contributed by atoms with E-state index in [9.17, 15) is 16.8 Å². The molecule has 2 aromatic rings. The molecule has 0 aliphatic rings. The van der Waals surface area contributed by atoms with E-state index in [0.717, 1.165) is 11.1 Å². The van der Waals surface area contributed by atoms with Crippen LogP contribution in [0.25, 0.3) is 0 Å². The summed E-state index contributed by atoms with van der Waals surface area (Å²) < 4.78 is 69.0. The van der Waals surface area contributed by atoms with E-state index in [4.69, 9.17) is 18.0 Å². The largest absolute Gasteiger partial charge is 0.378 e. The van der Waals surface area contributed by atoms with Crippen molar-refractivity contribution < 1.29 is 34.9 Å². The lowest BCUT2D eigenvalue weighted by Crippen LogP contribution is -2.09. The van der Waals surface area contributed by atoms with Gasteiger partial charge in [0.05, 0.1) is 26.4 Å². The zero-order valence-electron chi connectivity index (χ0n) is 21.7. The lowest BCUT2D eigenvalue weighted by molar-refractivity contribution is 0.0606. The highest BCUT2D eigenvalue weighted by Crippen LogP contribution is 2.16. The fraction of sp³-hybridized carbons (Fsp3) is 0.417. The Bertz CT molecular complexity index is 1180. The fourth-order valence-corrected chi connectivity index (χ4v) is 5.37. The van der Waals surface area contributed by atoms with Gasteiger partial charge in [0.2, 0.25) is 0 Å². The van der Waals surface area contributed by atoms with Crippen LogP contribution in [-0.4, -0.2) is 64.9 Å². The molecule has 0 saturated heterocycles. The van der Waals surface area contributed by atoms with Gasteiger partial charge in [0.25, 0.3) is 0 Å². The second kappa shape index (κ2) is 16.1. The number of nitrogens with zero attached hydrogens (tertiary/aromatic N) is 2. The smallest absolute Gasteiger partial charge is 0.358 e. The average Bonchev–Trinajstić information content (AvgIpc) is 2.88. The summed E-state index contributed by atoms with van der Waals surface area (Å²) >= 11 is 2.64. The molecule has 0 fully saturated rings. The van der Waals surface area contributed by atoms with Crippen LogP contribution < -0.4 is 0 Å². The predicted molar refractivity (Wildman–Crippen MR) is 152 cm³/mol. The zero-order valence-corrected chi connectivity index (χ0v) is 24.9. The van der Waals surface area contributed by atoms with Gasteiger partial charge >= 0.3 is 20.2 Å². The molecule has 0 radical (unpaired) electrons. The van der Waals surface area contributed by atoms with Crippen LogP contribution in [-0.2, 0) is 38.3 Å². The predicted octanol–water partition coefficient (Wildman–Crippen LogP) is 4.58. The van der Waals surface area contributed by atoms with Gasteiger partial charge in [-0.25, -0.2) is 0 Å². The molecular formula is C24H32N2O8S4. The average molecular weight is 605 g/mol. The summed E-state index contributed by atoms with van der Waals surface area (Å²) in [4.78, 5) is 0.0986. The molecule has 0 bridgehead atoms. The highest BCUT2D eigenvalue weighted by Gasteiger charge is 2.16. The van der Waals surface area contributed by atoms with Crippen LogP contribution in [0.2, 0.25) is 0 Å². The fourth-order valence-electron chi connectivity index (χ4n) is 2.57. The van der Waals surface area contributed by atoms with E-state index >= 15 is 0 Å². The van der Waals surface area contributed by atoms with Crippen LogP contribution in [0.15, 0.2) is 68.6 Å². The molecule has 0 spiro atoms. The molecule has 0 aromatic heterocycles. The van der Waals surface area contributed by atoms with Gasteiger partial charge in [-0.2, -0.15) is 16.8 Å². The van der Waals surface area contributed by atoms with Crippen LogP contribution in [0.4, 0.5) is 0 Å². The van der Waals surface area contributed by atoms with Gasteiger partial charge in [0.15, 0.2) is 0 Å². The topological polar surface area (TPSA) is 130 Å². The Morgan fingerprint density at radius 3 is 1.32 bits per heavy atom. The normalized spacial score (nSPS) is 12.9. The standard InChI is InChI=1S/C24H32N2O8S4/c1-19-5-9-23(10-6-19)37(27,28)33-25-21(3)35-17-15-31-13-14-32-16-18-36-22(4)26-34-38(29,30)24-11-7-20(2)8-12-24/h5-12H,13-18H2,1-4H3/b25-21-,26-22+. The molecule has 0 heterocycles. The van der Waals surface area contributed by atoms with Crippen LogP contribution >= 0.6 is 23.5 Å². The van der Waals surface area contributed by atoms with Gasteiger partial charge in [-0.3, -0.25) is 8.57 Å². The Hall–Kier alpha value is -2.10. The third-order valence-corrected chi connectivity index (χ3v) is 8.56. The van der Waals surface area contributed by atoms with Gasteiger partial charge in [0, 0.05) is 11.5 Å². The number of thioether (sulfide) groups is 2. The van der Waals surface area contributed by atoms with Gasteiger partial charge in [0.1, 0.15) is 19.9 Å². The molecule has 38 heavy (non-hydrogen) atoms. The van der Waals surface area contributed by atoms with Gasteiger partial charge in [-0.05, 0) is 52.0 Å². The molecule has 2 rings (SSSR count). The highest BCUT2D eigenvalue weighted by molar-refractivity contribution is 8.14. The Balaban J connectivity index is 1.52. The number of hydrogen-bond acceptors (Lipinski definition) is 12. The number of hydrogen-bond donors (Lipinski definition) is 0. The van der Waals surface area contributed by atoms with Crippen molar-refractivity contribution in [2.75, 3.05) is 37.9 Å². The van der Waals surface area contributed by atoms with Gasteiger partial charge < -0.3 is 9.47 Å². The second-order valence-electron chi connectivity index (χ2n) is 7.83. The molecule has 10 nitrogen and oxygen atoms in total. The van der Waals surface area contributed by atoms with E-state index in [2.05, 4.69) is 10.3 Å². The first-order valence-corrected chi connectivity index (χ1v) is 16.3. The van der Waals surface area contributed by atoms with Crippen molar-refractivity contribution in [2.24, 2.45) is 10.3 Å². The Labute approximate surface area is 233 Å². The van der Waals surface area contributed by atoms with Crippen molar-refractivity contribution in [3.05, 3.63) is 59.7 Å². The SMILES string of the molecule is C/C(=N/OS(=O)(=O)c1ccc(C)cc1)SCCOCCOCCS/C(C)=N/OS(=O)(=O)c1ccc(C)cc1. The number of rotatable bonds is 15. The summed E-state index contributed by atoms with van der Waals surface area (Å²) in [6, 6.07) is 12.7. The molecular weight excluding hydrogens is 573 g/mol. The summed E-state index contributed by atoms with van der Waals surface area (Å²) in [5.74, 6) is 1.14. The molecule has 0 N–H and O–H groups in total. The van der Waals surface area contributed by atoms with Crippen molar-refractivity contribution >= 4 is 53.8 Å². The maximum atomic E-state index is 12.1. The van der Waals surface area contributed by atoms with Gasteiger partial charge in [-0.1, -0.05) is 45.7 Å². The van der Waals surface area contributed by atoms with Crippen LogP contribution in [0, 0.1) is 13.8 Å². The zero-order chi connectivity index (χ0) is 28.0. The Kier molecular flexibility index (Phi) is 13.6. The van der Waals surface area contributed by atoms with E-state index < -0.39 is 20.2 Å². The number of aryl methyl sites for hydroxylation is 2. The lowest BCUT2D eigenvalue weighted by atomic mass is 10.2. The van der Waals surface area contributed by atoms with E-state index in [-0.39, 0.29) is 9.79 Å². The third kappa shape index (κ3) is 12.2. The second-order valence-corrected chi connectivity index (χ2v) is 13.5. The Morgan fingerprint density at radius 2 is 0.974 bits per heavy atom. The first kappa shape index (κ1) is 32.1. The van der Waals surface area contributed by atoms with Gasteiger partial charge in [-0.15, -0.1) is 23.5 Å². The lowest BCUT2D eigenvalue weighted by Gasteiger charge is -2.06. The number of oxime groups is 2. The first-order chi connectivity index (χ1) is 18.0. The third-order valence-electron chi connectivity index (χ3n) is 4.60.